The maximum Gasteiger partial charge on any atom is 0.303 e. The van der Waals surface area contributed by atoms with Crippen molar-refractivity contribution in [3.05, 3.63) is 72.1 Å². The molecule has 3 rings (SSSR count). The number of hydrogen-bond acceptors (Lipinski definition) is 5. The van der Waals surface area contributed by atoms with Gasteiger partial charge in [-0.05, 0) is 63.4 Å². The van der Waals surface area contributed by atoms with E-state index in [1.54, 1.807) is 36.7 Å². The molecule has 1 unspecified atom stereocenters. The first-order valence-electron chi connectivity index (χ1n) is 11.6. The van der Waals surface area contributed by atoms with Gasteiger partial charge >= 0.3 is 5.97 Å². The third kappa shape index (κ3) is 6.94. The summed E-state index contributed by atoms with van der Waals surface area (Å²) in [4.78, 5) is 29.8. The molecular formula is C26H30N2O5. The van der Waals surface area contributed by atoms with Crippen molar-refractivity contribution in [1.82, 2.24) is 9.88 Å². The van der Waals surface area contributed by atoms with E-state index in [0.717, 1.165) is 17.7 Å². The molecule has 7 nitrogen and oxygen atoms in total. The molecule has 0 bridgehead atoms. The number of aliphatic carboxylic acids is 1. The molecule has 1 aromatic carbocycles. The Morgan fingerprint density at radius 1 is 1.12 bits per heavy atom. The number of carbonyl (C=O) groups excluding carboxylic acids is 1. The smallest absolute Gasteiger partial charge is 0.303 e. The van der Waals surface area contributed by atoms with Crippen LogP contribution in [0.4, 0.5) is 0 Å². The highest BCUT2D eigenvalue weighted by Crippen LogP contribution is 2.23. The number of carboxylic acid groups (broad SMARTS) is 1. The summed E-state index contributed by atoms with van der Waals surface area (Å²) in [6, 6.07) is 14.0. The van der Waals surface area contributed by atoms with Crippen LogP contribution < -0.4 is 4.74 Å². The van der Waals surface area contributed by atoms with Crippen LogP contribution in [0.3, 0.4) is 0 Å². The lowest BCUT2D eigenvalue weighted by Gasteiger charge is -2.27. The van der Waals surface area contributed by atoms with Crippen molar-refractivity contribution in [1.29, 1.82) is 0 Å². The Morgan fingerprint density at radius 2 is 1.91 bits per heavy atom. The fourth-order valence-corrected chi connectivity index (χ4v) is 3.31. The summed E-state index contributed by atoms with van der Waals surface area (Å²) < 4.78 is 20.1. The molecule has 33 heavy (non-hydrogen) atoms. The summed E-state index contributed by atoms with van der Waals surface area (Å²) in [5.41, 5.74) is 1.85. The highest BCUT2D eigenvalue weighted by atomic mass is 16.5. The molecule has 0 aliphatic heterocycles. The van der Waals surface area contributed by atoms with Crippen LogP contribution in [0.2, 0.25) is 0 Å². The molecule has 0 aliphatic carbocycles. The first kappa shape index (κ1) is 22.6. The van der Waals surface area contributed by atoms with Gasteiger partial charge in [0.05, 0.1) is 20.8 Å². The van der Waals surface area contributed by atoms with Crippen LogP contribution in [0.25, 0.3) is 11.3 Å². The number of unbranched alkanes of at least 4 members (excludes halogenated alkanes) is 2. The Kier molecular flexibility index (Phi) is 8.11. The largest absolute Gasteiger partial charge is 0.481 e. The Balaban J connectivity index is 1.71. The molecule has 0 saturated carbocycles. The Morgan fingerprint density at radius 3 is 2.58 bits per heavy atom. The summed E-state index contributed by atoms with van der Waals surface area (Å²) in [7, 11) is 0. The first-order valence-corrected chi connectivity index (χ1v) is 11.1. The lowest BCUT2D eigenvalue weighted by atomic mass is 10.1. The van der Waals surface area contributed by atoms with Gasteiger partial charge in [0.2, 0.25) is 5.88 Å². The molecule has 0 saturated heterocycles. The zero-order valence-electron chi connectivity index (χ0n) is 19.9. The summed E-state index contributed by atoms with van der Waals surface area (Å²) in [6.07, 6.45) is 5.32. The van der Waals surface area contributed by atoms with E-state index in [9.17, 15) is 9.59 Å². The molecule has 1 atom stereocenters. The lowest BCUT2D eigenvalue weighted by molar-refractivity contribution is -0.137. The average Bonchev–Trinajstić information content (AvgIpc) is 3.36. The topological polar surface area (TPSA) is 92.9 Å². The molecular weight excluding hydrogens is 420 g/mol. The standard InChI is InChI=1S/C26H30N2O5/c1-19(2)28(26(31)21-13-11-20(12-14-21)23-9-7-17-32-23)18-22-8-6-15-27-25(22)33-16-5-3-4-10-24(29)30/h6-9,11-15,17,19H,3-5,10,16,18H2,1-2H3,(H,29,30)/i18D. The number of pyridine rings is 1. The predicted octanol–water partition coefficient (Wildman–Crippen LogP) is 5.42. The van der Waals surface area contributed by atoms with Crippen LogP contribution in [-0.2, 0) is 11.3 Å². The van der Waals surface area contributed by atoms with E-state index in [1.165, 1.54) is 4.90 Å². The molecule has 2 heterocycles. The number of carboxylic acids is 1. The number of furan rings is 1. The van der Waals surface area contributed by atoms with Gasteiger partial charge in [0.1, 0.15) is 5.76 Å². The van der Waals surface area contributed by atoms with Crippen LogP contribution in [0, 0.1) is 0 Å². The van der Waals surface area contributed by atoms with Crippen LogP contribution in [-0.4, -0.2) is 39.5 Å². The van der Waals surface area contributed by atoms with E-state index >= 15 is 0 Å². The number of hydrogen-bond donors (Lipinski definition) is 1. The van der Waals surface area contributed by atoms with Crippen molar-refractivity contribution in [2.24, 2.45) is 0 Å². The molecule has 3 aromatic rings. The minimum atomic E-state index is -1.01. The van der Waals surface area contributed by atoms with Gasteiger partial charge < -0.3 is 19.2 Å². The van der Waals surface area contributed by atoms with Crippen LogP contribution >= 0.6 is 0 Å². The van der Waals surface area contributed by atoms with Gasteiger partial charge in [-0.1, -0.05) is 18.2 Å². The highest BCUT2D eigenvalue weighted by Gasteiger charge is 2.21. The van der Waals surface area contributed by atoms with Crippen molar-refractivity contribution in [3.8, 4) is 17.2 Å². The van der Waals surface area contributed by atoms with Gasteiger partial charge in [0.15, 0.2) is 0 Å². The molecule has 2 aromatic heterocycles. The first-order chi connectivity index (χ1) is 16.4. The third-order valence-corrected chi connectivity index (χ3v) is 5.08. The summed E-state index contributed by atoms with van der Waals surface area (Å²) in [5.74, 6) is -0.0333. The van der Waals surface area contributed by atoms with Crippen molar-refractivity contribution in [2.45, 2.75) is 52.1 Å². The van der Waals surface area contributed by atoms with Crippen LogP contribution in [0.5, 0.6) is 5.88 Å². The Labute approximate surface area is 195 Å². The van der Waals surface area contributed by atoms with Crippen molar-refractivity contribution < 1.29 is 25.2 Å². The molecule has 0 spiro atoms. The normalized spacial score (nSPS) is 12.3. The molecule has 1 amide bonds. The number of nitrogens with zero attached hydrogens (tertiary/aromatic N) is 2. The van der Waals surface area contributed by atoms with Crippen molar-refractivity contribution >= 4 is 11.9 Å². The zero-order valence-corrected chi connectivity index (χ0v) is 18.9. The maximum absolute atomic E-state index is 13.4. The average molecular weight is 452 g/mol. The van der Waals surface area contributed by atoms with Gasteiger partial charge in [-0.25, -0.2) is 4.98 Å². The minimum absolute atomic E-state index is 0.136. The molecule has 174 valence electrons. The second-order valence-corrected chi connectivity index (χ2v) is 7.94. The summed E-state index contributed by atoms with van der Waals surface area (Å²) in [6.45, 7) is 3.10. The zero-order chi connectivity index (χ0) is 24.5. The quantitative estimate of drug-likeness (QED) is 0.370. The molecule has 0 radical (unpaired) electrons. The molecule has 7 heteroatoms. The highest BCUT2D eigenvalue weighted by molar-refractivity contribution is 5.94. The maximum atomic E-state index is 13.4. The number of rotatable bonds is 12. The number of aromatic nitrogens is 1. The van der Waals surface area contributed by atoms with E-state index in [0.29, 0.717) is 36.5 Å². The van der Waals surface area contributed by atoms with Crippen LogP contribution in [0.15, 0.2) is 65.4 Å². The van der Waals surface area contributed by atoms with Gasteiger partial charge in [-0.2, -0.15) is 0 Å². The lowest BCUT2D eigenvalue weighted by Crippen LogP contribution is -2.36. The molecule has 1 N–H and O–H groups in total. The SMILES string of the molecule is [2H]C(c1cccnc1OCCCCCC(=O)O)N(C(=O)c1ccc(-c2ccco2)cc1)C(C)C. The van der Waals surface area contributed by atoms with E-state index in [1.807, 2.05) is 38.1 Å². The van der Waals surface area contributed by atoms with Crippen molar-refractivity contribution in [3.63, 3.8) is 0 Å². The van der Waals surface area contributed by atoms with Gasteiger partial charge in [0, 0.05) is 35.3 Å². The van der Waals surface area contributed by atoms with Gasteiger partial charge in [-0.3, -0.25) is 9.59 Å². The minimum Gasteiger partial charge on any atom is -0.481 e. The van der Waals surface area contributed by atoms with E-state index in [-0.39, 0.29) is 18.4 Å². The molecule has 0 fully saturated rings. The Hall–Kier alpha value is -3.61. The van der Waals surface area contributed by atoms with E-state index in [2.05, 4.69) is 4.98 Å². The summed E-state index contributed by atoms with van der Waals surface area (Å²) in [5, 5.41) is 8.73. The van der Waals surface area contributed by atoms with Gasteiger partial charge in [-0.15, -0.1) is 0 Å². The van der Waals surface area contributed by atoms with E-state index < -0.39 is 12.5 Å². The van der Waals surface area contributed by atoms with Crippen LogP contribution in [0.1, 0.15) is 56.8 Å². The fraction of sp³-hybridized carbons (Fsp3) is 0.346. The number of ether oxygens (including phenoxy) is 1. The second-order valence-electron chi connectivity index (χ2n) is 7.94. The molecule has 0 aliphatic rings. The number of amides is 1. The number of carbonyl (C=O) groups is 2. The predicted molar refractivity (Wildman–Crippen MR) is 125 cm³/mol. The Bertz CT molecular complexity index is 1070. The summed E-state index contributed by atoms with van der Waals surface area (Å²) >= 11 is 0. The van der Waals surface area contributed by atoms with E-state index in [4.69, 9.17) is 15.6 Å². The monoisotopic (exact) mass is 451 g/mol. The van der Waals surface area contributed by atoms with Crippen molar-refractivity contribution in [2.75, 3.05) is 6.61 Å². The third-order valence-electron chi connectivity index (χ3n) is 5.08. The second kappa shape index (κ2) is 11.9. The van der Waals surface area contributed by atoms with Gasteiger partial charge in [0.25, 0.3) is 5.91 Å². The fourth-order valence-electron chi connectivity index (χ4n) is 3.31. The number of benzene rings is 1.